The number of rotatable bonds is 9. The summed E-state index contributed by atoms with van der Waals surface area (Å²) in [6.07, 6.45) is 13.2. The van der Waals surface area contributed by atoms with Crippen LogP contribution in [0.1, 0.15) is 71.1 Å². The average Bonchev–Trinajstić information content (AvgIpc) is 2.45. The van der Waals surface area contributed by atoms with E-state index in [1.807, 2.05) is 14.1 Å². The molecule has 1 fully saturated rings. The molecule has 0 spiro atoms. The van der Waals surface area contributed by atoms with Gasteiger partial charge in [-0.25, -0.2) is 0 Å². The normalized spacial score (nSPS) is 22.8. The first-order chi connectivity index (χ1) is 9.65. The zero-order valence-electron chi connectivity index (χ0n) is 13.8. The second-order valence-corrected chi connectivity index (χ2v) is 6.54. The van der Waals surface area contributed by atoms with E-state index in [0.717, 1.165) is 18.9 Å². The molecule has 1 rings (SSSR count). The molecule has 0 saturated carbocycles. The summed E-state index contributed by atoms with van der Waals surface area (Å²) < 4.78 is 0. The summed E-state index contributed by atoms with van der Waals surface area (Å²) in [4.78, 5) is 13.7. The van der Waals surface area contributed by atoms with Gasteiger partial charge in [-0.05, 0) is 25.3 Å². The zero-order chi connectivity index (χ0) is 14.8. The lowest BCUT2D eigenvalue weighted by atomic mass is 9.87. The topological polar surface area (TPSA) is 32.3 Å². The summed E-state index contributed by atoms with van der Waals surface area (Å²) in [5, 5.41) is 3.36. The van der Waals surface area contributed by atoms with Gasteiger partial charge in [0.1, 0.15) is 0 Å². The van der Waals surface area contributed by atoms with Crippen LogP contribution in [0.15, 0.2) is 0 Å². The Kier molecular flexibility index (Phi) is 8.92. The van der Waals surface area contributed by atoms with E-state index in [1.165, 1.54) is 57.8 Å². The van der Waals surface area contributed by atoms with Gasteiger partial charge in [0.25, 0.3) is 0 Å². The summed E-state index contributed by atoms with van der Waals surface area (Å²) in [6.45, 7) is 3.27. The number of carbonyl (C=O) groups excluding carboxylic acids is 1. The minimum atomic E-state index is 0.0632. The number of hydrogen-bond donors (Lipinski definition) is 1. The van der Waals surface area contributed by atoms with Crippen LogP contribution in [0.25, 0.3) is 0 Å². The molecule has 0 bridgehead atoms. The van der Waals surface area contributed by atoms with Crippen molar-refractivity contribution in [3.8, 4) is 0 Å². The van der Waals surface area contributed by atoms with Crippen LogP contribution in [0.5, 0.6) is 0 Å². The van der Waals surface area contributed by atoms with E-state index in [4.69, 9.17) is 0 Å². The maximum Gasteiger partial charge on any atom is 0.239 e. The zero-order valence-corrected chi connectivity index (χ0v) is 13.8. The van der Waals surface area contributed by atoms with Crippen LogP contribution in [0.4, 0.5) is 0 Å². The summed E-state index contributed by atoms with van der Waals surface area (Å²) in [5.74, 6) is 0.995. The van der Waals surface area contributed by atoms with Crippen LogP contribution in [0.3, 0.4) is 0 Å². The molecule has 2 atom stereocenters. The molecule has 1 aliphatic rings. The van der Waals surface area contributed by atoms with Crippen LogP contribution >= 0.6 is 0 Å². The van der Waals surface area contributed by atoms with Gasteiger partial charge in [0.05, 0.1) is 6.04 Å². The van der Waals surface area contributed by atoms with Crippen molar-refractivity contribution in [2.45, 2.75) is 77.2 Å². The third kappa shape index (κ3) is 6.74. The minimum absolute atomic E-state index is 0.0632. The number of amides is 1. The van der Waals surface area contributed by atoms with Gasteiger partial charge in [-0.15, -0.1) is 0 Å². The van der Waals surface area contributed by atoms with Crippen molar-refractivity contribution < 1.29 is 4.79 Å². The Morgan fingerprint density at radius 2 is 1.75 bits per heavy atom. The number of piperidine rings is 1. The Balaban J connectivity index is 2.10. The standard InChI is InChI=1S/C17H34N2O/c1-4-5-6-7-8-9-10-11-15-12-13-18-16(14-15)17(20)19(2)3/h15-16,18H,4-14H2,1-3H3. The average molecular weight is 282 g/mol. The van der Waals surface area contributed by atoms with Gasteiger partial charge in [-0.2, -0.15) is 0 Å². The van der Waals surface area contributed by atoms with Crippen LogP contribution in [-0.2, 0) is 4.79 Å². The third-order valence-corrected chi connectivity index (χ3v) is 4.47. The highest BCUT2D eigenvalue weighted by atomic mass is 16.2. The number of hydrogen-bond acceptors (Lipinski definition) is 2. The molecule has 0 aliphatic carbocycles. The molecule has 1 N–H and O–H groups in total. The molecule has 0 aromatic carbocycles. The number of nitrogens with zero attached hydrogens (tertiary/aromatic N) is 1. The molecule has 2 unspecified atom stereocenters. The predicted octanol–water partition coefficient (Wildman–Crippen LogP) is 3.58. The van der Waals surface area contributed by atoms with Crippen LogP contribution in [0, 0.1) is 5.92 Å². The van der Waals surface area contributed by atoms with Crippen molar-refractivity contribution in [3.63, 3.8) is 0 Å². The molecular formula is C17H34N2O. The summed E-state index contributed by atoms with van der Waals surface area (Å²) in [7, 11) is 3.70. The molecule has 3 heteroatoms. The lowest BCUT2D eigenvalue weighted by Gasteiger charge is -2.31. The van der Waals surface area contributed by atoms with Crippen LogP contribution in [0.2, 0.25) is 0 Å². The van der Waals surface area contributed by atoms with E-state index in [0.29, 0.717) is 0 Å². The fraction of sp³-hybridized carbons (Fsp3) is 0.941. The Morgan fingerprint density at radius 1 is 1.10 bits per heavy atom. The van der Waals surface area contributed by atoms with Crippen molar-refractivity contribution >= 4 is 5.91 Å². The van der Waals surface area contributed by atoms with E-state index < -0.39 is 0 Å². The van der Waals surface area contributed by atoms with E-state index in [-0.39, 0.29) is 11.9 Å². The highest BCUT2D eigenvalue weighted by Gasteiger charge is 2.27. The van der Waals surface area contributed by atoms with Gasteiger partial charge >= 0.3 is 0 Å². The molecule has 3 nitrogen and oxygen atoms in total. The molecule has 0 radical (unpaired) electrons. The first-order valence-electron chi connectivity index (χ1n) is 8.59. The molecule has 1 aliphatic heterocycles. The van der Waals surface area contributed by atoms with Gasteiger partial charge in [-0.1, -0.05) is 58.3 Å². The highest BCUT2D eigenvalue weighted by molar-refractivity contribution is 5.81. The molecule has 118 valence electrons. The van der Waals surface area contributed by atoms with Crippen molar-refractivity contribution in [1.82, 2.24) is 10.2 Å². The number of nitrogens with one attached hydrogen (secondary N) is 1. The highest BCUT2D eigenvalue weighted by Crippen LogP contribution is 2.23. The SMILES string of the molecule is CCCCCCCCCC1CCNC(C(=O)N(C)C)C1. The third-order valence-electron chi connectivity index (χ3n) is 4.47. The Labute approximate surface area is 125 Å². The quantitative estimate of drug-likeness (QED) is 0.656. The van der Waals surface area contributed by atoms with Gasteiger partial charge < -0.3 is 10.2 Å². The molecule has 20 heavy (non-hydrogen) atoms. The maximum atomic E-state index is 12.0. The minimum Gasteiger partial charge on any atom is -0.347 e. The number of carbonyl (C=O) groups is 1. The van der Waals surface area contributed by atoms with Crippen molar-refractivity contribution in [3.05, 3.63) is 0 Å². The van der Waals surface area contributed by atoms with E-state index >= 15 is 0 Å². The van der Waals surface area contributed by atoms with Crippen LogP contribution in [-0.4, -0.2) is 37.5 Å². The molecule has 0 aromatic heterocycles. The molecule has 1 saturated heterocycles. The number of unbranched alkanes of at least 4 members (excludes halogenated alkanes) is 6. The fourth-order valence-electron chi connectivity index (χ4n) is 3.15. The molecule has 0 aromatic rings. The maximum absolute atomic E-state index is 12.0. The van der Waals surface area contributed by atoms with Crippen molar-refractivity contribution in [1.29, 1.82) is 0 Å². The van der Waals surface area contributed by atoms with Gasteiger partial charge in [0, 0.05) is 14.1 Å². The lowest BCUT2D eigenvalue weighted by molar-refractivity contribution is -0.131. The van der Waals surface area contributed by atoms with E-state index in [1.54, 1.807) is 4.90 Å². The van der Waals surface area contributed by atoms with E-state index in [9.17, 15) is 4.79 Å². The summed E-state index contributed by atoms with van der Waals surface area (Å²) in [5.41, 5.74) is 0. The number of likely N-dealkylation sites (N-methyl/N-ethyl adjacent to an activating group) is 1. The van der Waals surface area contributed by atoms with Crippen molar-refractivity contribution in [2.75, 3.05) is 20.6 Å². The van der Waals surface area contributed by atoms with Crippen LogP contribution < -0.4 is 5.32 Å². The van der Waals surface area contributed by atoms with Gasteiger partial charge in [0.15, 0.2) is 0 Å². The molecule has 1 heterocycles. The predicted molar refractivity (Wildman–Crippen MR) is 85.8 cm³/mol. The first-order valence-corrected chi connectivity index (χ1v) is 8.59. The van der Waals surface area contributed by atoms with Gasteiger partial charge in [0.2, 0.25) is 5.91 Å². The van der Waals surface area contributed by atoms with Gasteiger partial charge in [-0.3, -0.25) is 4.79 Å². The summed E-state index contributed by atoms with van der Waals surface area (Å²) >= 11 is 0. The van der Waals surface area contributed by atoms with Crippen molar-refractivity contribution in [2.24, 2.45) is 5.92 Å². The Morgan fingerprint density at radius 3 is 2.40 bits per heavy atom. The second-order valence-electron chi connectivity index (χ2n) is 6.54. The lowest BCUT2D eigenvalue weighted by Crippen LogP contribution is -2.48. The smallest absolute Gasteiger partial charge is 0.239 e. The Hall–Kier alpha value is -0.570. The Bertz CT molecular complexity index is 266. The van der Waals surface area contributed by atoms with E-state index in [2.05, 4.69) is 12.2 Å². The monoisotopic (exact) mass is 282 g/mol. The largest absolute Gasteiger partial charge is 0.347 e. The second kappa shape index (κ2) is 10.2. The summed E-state index contributed by atoms with van der Waals surface area (Å²) in [6, 6.07) is 0.0632. The first kappa shape index (κ1) is 17.5. The molecule has 1 amide bonds. The molecular weight excluding hydrogens is 248 g/mol. The fourth-order valence-corrected chi connectivity index (χ4v) is 3.15.